The summed E-state index contributed by atoms with van der Waals surface area (Å²) in [6.07, 6.45) is 7.90. The Labute approximate surface area is 121 Å². The van der Waals surface area contributed by atoms with Gasteiger partial charge in [-0.1, -0.05) is 12.8 Å². The number of aliphatic hydroxyl groups excluding tert-OH is 1. The number of aliphatic hydroxyl groups is 1. The van der Waals surface area contributed by atoms with Gasteiger partial charge in [-0.25, -0.2) is 0 Å². The van der Waals surface area contributed by atoms with E-state index in [4.69, 9.17) is 0 Å². The zero-order chi connectivity index (χ0) is 14.1. The topological polar surface area (TPSA) is 52.6 Å². The fourth-order valence-electron chi connectivity index (χ4n) is 4.33. The van der Waals surface area contributed by atoms with Gasteiger partial charge in [0.05, 0.1) is 12.1 Å². The zero-order valence-electron chi connectivity index (χ0n) is 12.6. The van der Waals surface area contributed by atoms with E-state index in [9.17, 15) is 9.90 Å². The first kappa shape index (κ1) is 14.3. The minimum Gasteiger partial charge on any atom is -0.393 e. The second-order valence-corrected chi connectivity index (χ2v) is 7.01. The first-order chi connectivity index (χ1) is 9.65. The molecule has 20 heavy (non-hydrogen) atoms. The Balaban J connectivity index is 1.52. The van der Waals surface area contributed by atoms with Crippen LogP contribution in [0.1, 0.15) is 51.9 Å². The normalized spacial score (nSPS) is 36.7. The van der Waals surface area contributed by atoms with Crippen molar-refractivity contribution < 1.29 is 9.90 Å². The number of carbonyl (C=O) groups excluding carboxylic acids is 1. The van der Waals surface area contributed by atoms with E-state index < -0.39 is 0 Å². The Kier molecular flexibility index (Phi) is 4.32. The summed E-state index contributed by atoms with van der Waals surface area (Å²) < 4.78 is 0. The molecule has 114 valence electrons. The molecule has 3 rings (SSSR count). The lowest BCUT2D eigenvalue weighted by Crippen LogP contribution is -2.49. The molecule has 0 aromatic rings. The zero-order valence-corrected chi connectivity index (χ0v) is 12.6. The van der Waals surface area contributed by atoms with Crippen molar-refractivity contribution in [3.8, 4) is 0 Å². The molecule has 4 nitrogen and oxygen atoms in total. The Morgan fingerprint density at radius 3 is 2.55 bits per heavy atom. The van der Waals surface area contributed by atoms with Gasteiger partial charge in [0.15, 0.2) is 0 Å². The number of hydrogen-bond acceptors (Lipinski definition) is 3. The van der Waals surface area contributed by atoms with Gasteiger partial charge in [0.2, 0.25) is 5.91 Å². The third-order valence-corrected chi connectivity index (χ3v) is 5.69. The number of nitrogens with one attached hydrogen (secondary N) is 1. The van der Waals surface area contributed by atoms with Crippen LogP contribution in [0.5, 0.6) is 0 Å². The molecule has 3 fully saturated rings. The molecule has 4 atom stereocenters. The van der Waals surface area contributed by atoms with E-state index >= 15 is 0 Å². The van der Waals surface area contributed by atoms with Crippen molar-refractivity contribution in [1.82, 2.24) is 10.2 Å². The first-order valence-corrected chi connectivity index (χ1v) is 8.38. The molecule has 1 saturated carbocycles. The molecule has 1 amide bonds. The van der Waals surface area contributed by atoms with Crippen LogP contribution in [0.15, 0.2) is 0 Å². The van der Waals surface area contributed by atoms with Gasteiger partial charge in [0, 0.05) is 19.1 Å². The number of rotatable bonds is 2. The van der Waals surface area contributed by atoms with Crippen molar-refractivity contribution in [2.75, 3.05) is 13.1 Å². The molecule has 2 saturated heterocycles. The van der Waals surface area contributed by atoms with Gasteiger partial charge >= 0.3 is 0 Å². The SMILES string of the molecule is CC(O)C1CCN(C(=O)C2CC3CCCCC3N2)CC1. The minimum atomic E-state index is -0.236. The third-order valence-electron chi connectivity index (χ3n) is 5.69. The van der Waals surface area contributed by atoms with E-state index in [1.807, 2.05) is 11.8 Å². The molecule has 0 aromatic heterocycles. The molecule has 0 aromatic carbocycles. The van der Waals surface area contributed by atoms with Gasteiger partial charge in [0.25, 0.3) is 0 Å². The van der Waals surface area contributed by atoms with E-state index in [0.29, 0.717) is 17.9 Å². The molecule has 0 radical (unpaired) electrons. The Hall–Kier alpha value is -0.610. The highest BCUT2D eigenvalue weighted by Crippen LogP contribution is 2.34. The van der Waals surface area contributed by atoms with Crippen molar-refractivity contribution in [3.63, 3.8) is 0 Å². The van der Waals surface area contributed by atoms with Crippen molar-refractivity contribution in [2.45, 2.75) is 70.1 Å². The van der Waals surface area contributed by atoms with E-state index in [2.05, 4.69) is 5.32 Å². The summed E-state index contributed by atoms with van der Waals surface area (Å²) >= 11 is 0. The lowest BCUT2D eigenvalue weighted by atomic mass is 9.85. The predicted molar refractivity (Wildman–Crippen MR) is 78.3 cm³/mol. The summed E-state index contributed by atoms with van der Waals surface area (Å²) in [5.41, 5.74) is 0. The van der Waals surface area contributed by atoms with Crippen LogP contribution < -0.4 is 5.32 Å². The van der Waals surface area contributed by atoms with Crippen molar-refractivity contribution >= 4 is 5.91 Å². The second-order valence-electron chi connectivity index (χ2n) is 7.01. The lowest BCUT2D eigenvalue weighted by Gasteiger charge is -2.34. The van der Waals surface area contributed by atoms with Crippen LogP contribution in [0.2, 0.25) is 0 Å². The van der Waals surface area contributed by atoms with Gasteiger partial charge in [-0.3, -0.25) is 4.79 Å². The number of amides is 1. The molecule has 0 spiro atoms. The highest BCUT2D eigenvalue weighted by Gasteiger charge is 2.40. The Bertz CT molecular complexity index is 336. The monoisotopic (exact) mass is 280 g/mol. The molecular weight excluding hydrogens is 252 g/mol. The summed E-state index contributed by atoms with van der Waals surface area (Å²) in [7, 11) is 0. The highest BCUT2D eigenvalue weighted by molar-refractivity contribution is 5.82. The Morgan fingerprint density at radius 2 is 1.90 bits per heavy atom. The average Bonchev–Trinajstić information content (AvgIpc) is 2.90. The van der Waals surface area contributed by atoms with E-state index in [0.717, 1.165) is 38.3 Å². The third kappa shape index (κ3) is 2.86. The molecule has 2 aliphatic heterocycles. The molecule has 4 heteroatoms. The van der Waals surface area contributed by atoms with Crippen LogP contribution in [0.3, 0.4) is 0 Å². The average molecular weight is 280 g/mol. The number of carbonyl (C=O) groups is 1. The van der Waals surface area contributed by atoms with Gasteiger partial charge in [-0.05, 0) is 50.9 Å². The van der Waals surface area contributed by atoms with Crippen LogP contribution in [0.25, 0.3) is 0 Å². The fourth-order valence-corrected chi connectivity index (χ4v) is 4.33. The summed E-state index contributed by atoms with van der Waals surface area (Å²) in [6, 6.07) is 0.652. The number of piperidine rings is 1. The van der Waals surface area contributed by atoms with Crippen molar-refractivity contribution in [3.05, 3.63) is 0 Å². The lowest BCUT2D eigenvalue weighted by molar-refractivity contribution is -0.135. The number of fused-ring (bicyclic) bond motifs is 1. The summed E-state index contributed by atoms with van der Waals surface area (Å²) in [5, 5.41) is 13.2. The maximum Gasteiger partial charge on any atom is 0.239 e. The summed E-state index contributed by atoms with van der Waals surface area (Å²) in [6.45, 7) is 3.51. The summed E-state index contributed by atoms with van der Waals surface area (Å²) in [4.78, 5) is 14.6. The van der Waals surface area contributed by atoms with Crippen molar-refractivity contribution in [1.29, 1.82) is 0 Å². The molecule has 2 heterocycles. The first-order valence-electron chi connectivity index (χ1n) is 8.38. The van der Waals surface area contributed by atoms with E-state index in [-0.39, 0.29) is 12.1 Å². The van der Waals surface area contributed by atoms with Crippen molar-refractivity contribution in [2.24, 2.45) is 11.8 Å². The number of likely N-dealkylation sites (tertiary alicyclic amines) is 1. The highest BCUT2D eigenvalue weighted by atomic mass is 16.3. The molecular formula is C16H28N2O2. The van der Waals surface area contributed by atoms with Gasteiger partial charge < -0.3 is 15.3 Å². The molecule has 1 aliphatic carbocycles. The van der Waals surface area contributed by atoms with Gasteiger partial charge in [-0.2, -0.15) is 0 Å². The van der Waals surface area contributed by atoms with Crippen LogP contribution in [-0.4, -0.2) is 47.2 Å². The molecule has 0 bridgehead atoms. The Morgan fingerprint density at radius 1 is 1.20 bits per heavy atom. The van der Waals surface area contributed by atoms with Gasteiger partial charge in [0.1, 0.15) is 0 Å². The van der Waals surface area contributed by atoms with E-state index in [1.165, 1.54) is 25.7 Å². The smallest absolute Gasteiger partial charge is 0.239 e. The van der Waals surface area contributed by atoms with Gasteiger partial charge in [-0.15, -0.1) is 0 Å². The maximum absolute atomic E-state index is 12.6. The van der Waals surface area contributed by atoms with Crippen LogP contribution >= 0.6 is 0 Å². The molecule has 4 unspecified atom stereocenters. The standard InChI is InChI=1S/C16H28N2O2/c1-11(19)12-6-8-18(9-7-12)16(20)15-10-13-4-2-3-5-14(13)17-15/h11-15,17,19H,2-10H2,1H3. The minimum absolute atomic E-state index is 0.0613. The number of nitrogens with zero attached hydrogens (tertiary/aromatic N) is 1. The maximum atomic E-state index is 12.6. The number of hydrogen-bond donors (Lipinski definition) is 2. The fraction of sp³-hybridized carbons (Fsp3) is 0.938. The summed E-state index contributed by atoms with van der Waals surface area (Å²) in [5.74, 6) is 1.41. The molecule has 3 aliphatic rings. The molecule has 2 N–H and O–H groups in total. The second kappa shape index (κ2) is 6.02. The van der Waals surface area contributed by atoms with Crippen LogP contribution in [0.4, 0.5) is 0 Å². The van der Waals surface area contributed by atoms with E-state index in [1.54, 1.807) is 0 Å². The van der Waals surface area contributed by atoms with Crippen LogP contribution in [0, 0.1) is 11.8 Å². The largest absolute Gasteiger partial charge is 0.393 e. The quantitative estimate of drug-likeness (QED) is 0.806. The van der Waals surface area contributed by atoms with Crippen LogP contribution in [-0.2, 0) is 4.79 Å². The predicted octanol–water partition coefficient (Wildman–Crippen LogP) is 1.53.